The van der Waals surface area contributed by atoms with Crippen LogP contribution in [0.1, 0.15) is 5.76 Å². The molecule has 0 saturated carbocycles. The molecule has 0 atom stereocenters. The highest BCUT2D eigenvalue weighted by Gasteiger charge is 2.16. The van der Waals surface area contributed by atoms with Crippen LogP contribution in [0.15, 0.2) is 53.2 Å². The molecule has 0 amide bonds. The number of benzene rings is 1. The molecule has 0 spiro atoms. The zero-order chi connectivity index (χ0) is 18.0. The van der Waals surface area contributed by atoms with E-state index in [1.54, 1.807) is 13.2 Å². The zero-order valence-electron chi connectivity index (χ0n) is 14.5. The van der Waals surface area contributed by atoms with E-state index in [0.717, 1.165) is 28.5 Å². The molecule has 6 nitrogen and oxygen atoms in total. The standard InChI is InChI=1S/C18H21N3O3S/c1-14-8-9-17(24-14)15-6-4-5-7-16(15)18-19-10-11-21(18)13-12-20(2)25(3,22)23/h4-11H,12-13H2,1-3H3. The van der Waals surface area contributed by atoms with Crippen LogP contribution in [0.3, 0.4) is 0 Å². The summed E-state index contributed by atoms with van der Waals surface area (Å²) in [6.45, 7) is 2.81. The predicted octanol–water partition coefficient (Wildman–Crippen LogP) is 3.01. The van der Waals surface area contributed by atoms with Crippen molar-refractivity contribution >= 4 is 10.0 Å². The van der Waals surface area contributed by atoms with Gasteiger partial charge in [-0.2, -0.15) is 0 Å². The van der Waals surface area contributed by atoms with E-state index in [2.05, 4.69) is 4.98 Å². The maximum Gasteiger partial charge on any atom is 0.211 e. The SMILES string of the molecule is Cc1ccc(-c2ccccc2-c2nccn2CCN(C)S(C)(=O)=O)o1. The van der Waals surface area contributed by atoms with Gasteiger partial charge in [0.05, 0.1) is 6.26 Å². The molecule has 0 aliphatic carbocycles. The fraction of sp³-hybridized carbons (Fsp3) is 0.278. The van der Waals surface area contributed by atoms with Crippen molar-refractivity contribution in [2.45, 2.75) is 13.5 Å². The maximum absolute atomic E-state index is 11.6. The number of hydrogen-bond acceptors (Lipinski definition) is 4. The molecule has 2 aromatic heterocycles. The molecule has 7 heteroatoms. The third-order valence-electron chi connectivity index (χ3n) is 4.11. The third kappa shape index (κ3) is 3.83. The van der Waals surface area contributed by atoms with Gasteiger partial charge >= 0.3 is 0 Å². The van der Waals surface area contributed by atoms with Crippen LogP contribution in [-0.2, 0) is 16.6 Å². The average molecular weight is 359 g/mol. The van der Waals surface area contributed by atoms with E-state index in [9.17, 15) is 8.42 Å². The first kappa shape index (κ1) is 17.4. The molecular formula is C18H21N3O3S. The second-order valence-corrected chi connectivity index (χ2v) is 8.07. The van der Waals surface area contributed by atoms with Crippen LogP contribution in [0.4, 0.5) is 0 Å². The van der Waals surface area contributed by atoms with Crippen LogP contribution in [0.2, 0.25) is 0 Å². The summed E-state index contributed by atoms with van der Waals surface area (Å²) in [5, 5.41) is 0. The average Bonchev–Trinajstić information content (AvgIpc) is 3.20. The second kappa shape index (κ2) is 6.85. The van der Waals surface area contributed by atoms with Crippen LogP contribution in [0.5, 0.6) is 0 Å². The fourth-order valence-corrected chi connectivity index (χ4v) is 3.03. The van der Waals surface area contributed by atoms with Gasteiger partial charge < -0.3 is 8.98 Å². The van der Waals surface area contributed by atoms with Crippen molar-refractivity contribution in [2.24, 2.45) is 0 Å². The van der Waals surface area contributed by atoms with Crippen LogP contribution < -0.4 is 0 Å². The summed E-state index contributed by atoms with van der Waals surface area (Å²) in [6.07, 6.45) is 4.78. The van der Waals surface area contributed by atoms with E-state index in [1.165, 1.54) is 10.6 Å². The summed E-state index contributed by atoms with van der Waals surface area (Å²) in [4.78, 5) is 4.47. The highest BCUT2D eigenvalue weighted by atomic mass is 32.2. The van der Waals surface area contributed by atoms with Crippen molar-refractivity contribution in [1.29, 1.82) is 0 Å². The minimum atomic E-state index is -3.20. The van der Waals surface area contributed by atoms with Crippen molar-refractivity contribution in [3.8, 4) is 22.7 Å². The Balaban J connectivity index is 1.93. The van der Waals surface area contributed by atoms with Crippen molar-refractivity contribution in [1.82, 2.24) is 13.9 Å². The number of likely N-dealkylation sites (N-methyl/N-ethyl adjacent to an activating group) is 1. The first-order valence-corrected chi connectivity index (χ1v) is 9.80. The molecule has 0 fully saturated rings. The number of rotatable bonds is 6. The molecule has 25 heavy (non-hydrogen) atoms. The van der Waals surface area contributed by atoms with Gasteiger partial charge in [-0.25, -0.2) is 17.7 Å². The van der Waals surface area contributed by atoms with Crippen LogP contribution in [0, 0.1) is 6.92 Å². The lowest BCUT2D eigenvalue weighted by atomic mass is 10.0. The van der Waals surface area contributed by atoms with Crippen molar-refractivity contribution in [2.75, 3.05) is 19.8 Å². The summed E-state index contributed by atoms with van der Waals surface area (Å²) < 4.78 is 32.2. The minimum absolute atomic E-state index is 0.379. The molecule has 0 N–H and O–H groups in total. The Labute approximate surface area is 147 Å². The fourth-order valence-electron chi connectivity index (χ4n) is 2.62. The number of nitrogens with zero attached hydrogens (tertiary/aromatic N) is 3. The van der Waals surface area contributed by atoms with E-state index in [1.807, 2.05) is 54.1 Å². The lowest BCUT2D eigenvalue weighted by molar-refractivity contribution is 0.451. The Hall–Kier alpha value is -2.38. The lowest BCUT2D eigenvalue weighted by Gasteiger charge is -2.16. The first-order valence-electron chi connectivity index (χ1n) is 7.95. The van der Waals surface area contributed by atoms with Gasteiger partial charge in [0.1, 0.15) is 17.3 Å². The van der Waals surface area contributed by atoms with Gasteiger partial charge in [0.25, 0.3) is 0 Å². The first-order chi connectivity index (χ1) is 11.9. The van der Waals surface area contributed by atoms with Crippen molar-refractivity contribution in [3.05, 3.63) is 54.6 Å². The lowest BCUT2D eigenvalue weighted by Crippen LogP contribution is -2.29. The van der Waals surface area contributed by atoms with E-state index in [-0.39, 0.29) is 0 Å². The zero-order valence-corrected chi connectivity index (χ0v) is 15.3. The topological polar surface area (TPSA) is 68.3 Å². The van der Waals surface area contributed by atoms with Crippen LogP contribution in [-0.4, -0.2) is 42.1 Å². The molecule has 0 unspecified atom stereocenters. The Morgan fingerprint density at radius 2 is 1.88 bits per heavy atom. The smallest absolute Gasteiger partial charge is 0.211 e. The van der Waals surface area contributed by atoms with E-state index in [0.29, 0.717) is 13.1 Å². The number of hydrogen-bond donors (Lipinski definition) is 0. The molecule has 132 valence electrons. The van der Waals surface area contributed by atoms with E-state index in [4.69, 9.17) is 4.42 Å². The molecule has 0 radical (unpaired) electrons. The summed E-state index contributed by atoms with van der Waals surface area (Å²) in [7, 11) is -1.62. The third-order valence-corrected chi connectivity index (χ3v) is 5.43. The molecule has 3 rings (SSSR count). The number of imidazole rings is 1. The van der Waals surface area contributed by atoms with Gasteiger partial charge in [-0.05, 0) is 19.1 Å². The Bertz CT molecular complexity index is 973. The van der Waals surface area contributed by atoms with Crippen molar-refractivity contribution in [3.63, 3.8) is 0 Å². The number of sulfonamides is 1. The number of furan rings is 1. The Morgan fingerprint density at radius 1 is 1.16 bits per heavy atom. The number of aromatic nitrogens is 2. The van der Waals surface area contributed by atoms with Gasteiger partial charge in [0, 0.05) is 43.7 Å². The predicted molar refractivity (Wildman–Crippen MR) is 97.6 cm³/mol. The normalized spacial score (nSPS) is 12.0. The van der Waals surface area contributed by atoms with Crippen LogP contribution >= 0.6 is 0 Å². The van der Waals surface area contributed by atoms with Gasteiger partial charge in [0.2, 0.25) is 10.0 Å². The Morgan fingerprint density at radius 3 is 2.52 bits per heavy atom. The highest BCUT2D eigenvalue weighted by Crippen LogP contribution is 2.32. The second-order valence-electron chi connectivity index (χ2n) is 5.98. The van der Waals surface area contributed by atoms with Gasteiger partial charge in [-0.15, -0.1) is 0 Å². The summed E-state index contributed by atoms with van der Waals surface area (Å²) in [5.74, 6) is 2.42. The monoisotopic (exact) mass is 359 g/mol. The molecule has 1 aromatic carbocycles. The molecule has 3 aromatic rings. The highest BCUT2D eigenvalue weighted by molar-refractivity contribution is 7.88. The molecule has 0 aliphatic heterocycles. The van der Waals surface area contributed by atoms with Gasteiger partial charge in [-0.1, -0.05) is 24.3 Å². The van der Waals surface area contributed by atoms with E-state index < -0.39 is 10.0 Å². The molecule has 2 heterocycles. The van der Waals surface area contributed by atoms with Crippen molar-refractivity contribution < 1.29 is 12.8 Å². The van der Waals surface area contributed by atoms with Gasteiger partial charge in [-0.3, -0.25) is 0 Å². The summed E-state index contributed by atoms with van der Waals surface area (Å²) >= 11 is 0. The van der Waals surface area contributed by atoms with Gasteiger partial charge in [0.15, 0.2) is 0 Å². The largest absolute Gasteiger partial charge is 0.461 e. The molecule has 0 bridgehead atoms. The molecular weight excluding hydrogens is 338 g/mol. The van der Waals surface area contributed by atoms with E-state index >= 15 is 0 Å². The molecule has 0 saturated heterocycles. The summed E-state index contributed by atoms with van der Waals surface area (Å²) in [5.41, 5.74) is 1.91. The minimum Gasteiger partial charge on any atom is -0.461 e. The Kier molecular flexibility index (Phi) is 4.78. The quantitative estimate of drug-likeness (QED) is 0.678. The maximum atomic E-state index is 11.6. The number of aryl methyl sites for hydroxylation is 1. The van der Waals surface area contributed by atoms with Crippen LogP contribution in [0.25, 0.3) is 22.7 Å². The molecule has 0 aliphatic rings. The summed E-state index contributed by atoms with van der Waals surface area (Å²) in [6, 6.07) is 11.8.